The van der Waals surface area contributed by atoms with Gasteiger partial charge in [-0.3, -0.25) is 14.5 Å². The van der Waals surface area contributed by atoms with Crippen LogP contribution in [0.4, 0.5) is 0 Å². The van der Waals surface area contributed by atoms with E-state index < -0.39 is 0 Å². The Bertz CT molecular complexity index is 349. The maximum atomic E-state index is 12.3. The highest BCUT2D eigenvalue weighted by molar-refractivity contribution is 6.02. The van der Waals surface area contributed by atoms with Gasteiger partial charge in [-0.15, -0.1) is 0 Å². The second-order valence-corrected chi connectivity index (χ2v) is 5.58. The maximum absolute atomic E-state index is 12.3. The Kier molecular flexibility index (Phi) is 3.11. The molecule has 18 heavy (non-hydrogen) atoms. The summed E-state index contributed by atoms with van der Waals surface area (Å²) in [7, 11) is 0. The van der Waals surface area contributed by atoms with Crippen molar-refractivity contribution in [2.45, 2.75) is 56.8 Å². The van der Waals surface area contributed by atoms with Crippen LogP contribution in [0.15, 0.2) is 0 Å². The first-order chi connectivity index (χ1) is 8.72. The number of nitrogens with zero attached hydrogens (tertiary/aromatic N) is 1. The van der Waals surface area contributed by atoms with E-state index in [1.54, 1.807) is 0 Å². The minimum absolute atomic E-state index is 0.00995. The number of amides is 2. The molecular weight excluding hydrogens is 232 g/mol. The van der Waals surface area contributed by atoms with E-state index >= 15 is 0 Å². The largest absolute Gasteiger partial charge is 0.355 e. The predicted molar refractivity (Wildman–Crippen MR) is 64.5 cm³/mol. The molecule has 0 aromatic rings. The van der Waals surface area contributed by atoms with Crippen LogP contribution in [0, 0.1) is 5.92 Å². The molecule has 2 heterocycles. The van der Waals surface area contributed by atoms with Gasteiger partial charge in [-0.1, -0.05) is 12.8 Å². The number of likely N-dealkylation sites (tertiary alicyclic amines) is 1. The summed E-state index contributed by atoms with van der Waals surface area (Å²) < 4.78 is 5.44. The second-order valence-electron chi connectivity index (χ2n) is 5.58. The SMILES string of the molecule is NCC1CCCCC1N1C(=O)C2CCC(O2)C1=O. The number of rotatable bonds is 2. The van der Waals surface area contributed by atoms with E-state index in [9.17, 15) is 9.59 Å². The summed E-state index contributed by atoms with van der Waals surface area (Å²) in [5.74, 6) is 0.0161. The second kappa shape index (κ2) is 4.63. The average molecular weight is 252 g/mol. The first-order valence-electron chi connectivity index (χ1n) is 6.95. The zero-order valence-corrected chi connectivity index (χ0v) is 10.5. The van der Waals surface area contributed by atoms with E-state index in [0.717, 1.165) is 25.7 Å². The molecule has 3 aliphatic rings. The summed E-state index contributed by atoms with van der Waals surface area (Å²) >= 11 is 0. The van der Waals surface area contributed by atoms with Gasteiger partial charge in [-0.25, -0.2) is 0 Å². The van der Waals surface area contributed by atoms with Gasteiger partial charge in [0, 0.05) is 6.04 Å². The van der Waals surface area contributed by atoms with E-state index in [2.05, 4.69) is 0 Å². The molecule has 0 radical (unpaired) electrons. The molecule has 100 valence electrons. The van der Waals surface area contributed by atoms with Crippen molar-refractivity contribution in [3.05, 3.63) is 0 Å². The molecule has 4 atom stereocenters. The molecule has 0 spiro atoms. The molecule has 2 bridgehead atoms. The Morgan fingerprint density at radius 3 is 2.28 bits per heavy atom. The summed E-state index contributed by atoms with van der Waals surface area (Å²) in [5.41, 5.74) is 5.80. The number of fused-ring (bicyclic) bond motifs is 2. The van der Waals surface area contributed by atoms with Crippen LogP contribution in [0.25, 0.3) is 0 Å². The quantitative estimate of drug-likeness (QED) is 0.723. The fourth-order valence-corrected chi connectivity index (χ4v) is 3.55. The van der Waals surface area contributed by atoms with Gasteiger partial charge >= 0.3 is 0 Å². The molecule has 2 N–H and O–H groups in total. The number of ether oxygens (including phenoxy) is 1. The number of hydrogen-bond donors (Lipinski definition) is 1. The van der Waals surface area contributed by atoms with Gasteiger partial charge in [0.25, 0.3) is 11.8 Å². The van der Waals surface area contributed by atoms with Crippen molar-refractivity contribution >= 4 is 11.8 Å². The van der Waals surface area contributed by atoms with Crippen LogP contribution in [0.1, 0.15) is 38.5 Å². The maximum Gasteiger partial charge on any atom is 0.258 e. The van der Waals surface area contributed by atoms with Crippen LogP contribution in [-0.4, -0.2) is 41.5 Å². The summed E-state index contributed by atoms with van der Waals surface area (Å²) in [5, 5.41) is 0. The lowest BCUT2D eigenvalue weighted by atomic mass is 9.83. The molecule has 1 saturated carbocycles. The summed E-state index contributed by atoms with van der Waals surface area (Å²) in [6.45, 7) is 0.553. The van der Waals surface area contributed by atoms with Gasteiger partial charge in [0.05, 0.1) is 0 Å². The number of morpholine rings is 1. The Labute approximate surface area is 107 Å². The van der Waals surface area contributed by atoms with Crippen molar-refractivity contribution in [3.63, 3.8) is 0 Å². The van der Waals surface area contributed by atoms with E-state index in [1.165, 1.54) is 4.90 Å². The van der Waals surface area contributed by atoms with Gasteiger partial charge in [0.1, 0.15) is 12.2 Å². The molecule has 0 aromatic carbocycles. The Balaban J connectivity index is 1.85. The third-order valence-electron chi connectivity index (χ3n) is 4.55. The van der Waals surface area contributed by atoms with Gasteiger partial charge in [0.2, 0.25) is 0 Å². The fourth-order valence-electron chi connectivity index (χ4n) is 3.55. The lowest BCUT2D eigenvalue weighted by Gasteiger charge is -2.41. The zero-order valence-electron chi connectivity index (χ0n) is 10.5. The molecule has 2 aliphatic heterocycles. The number of carbonyl (C=O) groups excluding carboxylic acids is 2. The molecule has 2 saturated heterocycles. The van der Waals surface area contributed by atoms with Crippen LogP contribution < -0.4 is 5.73 Å². The van der Waals surface area contributed by atoms with Crippen LogP contribution in [0.3, 0.4) is 0 Å². The summed E-state index contributed by atoms with van der Waals surface area (Å²) in [4.78, 5) is 26.1. The van der Waals surface area contributed by atoms with Gasteiger partial charge in [0.15, 0.2) is 0 Å². The minimum Gasteiger partial charge on any atom is -0.355 e. The standard InChI is InChI=1S/C13H20N2O3/c14-7-8-3-1-2-4-9(8)15-12(16)10-5-6-11(18-10)13(15)17/h8-11H,1-7,14H2. The van der Waals surface area contributed by atoms with Crippen LogP contribution in [0.5, 0.6) is 0 Å². The van der Waals surface area contributed by atoms with Crippen LogP contribution in [-0.2, 0) is 14.3 Å². The molecular formula is C13H20N2O3. The molecule has 4 unspecified atom stereocenters. The average Bonchev–Trinajstić information content (AvgIpc) is 2.84. The minimum atomic E-state index is -0.381. The van der Waals surface area contributed by atoms with Crippen molar-refractivity contribution in [2.24, 2.45) is 11.7 Å². The van der Waals surface area contributed by atoms with Gasteiger partial charge in [-0.05, 0) is 38.1 Å². The normalized spacial score (nSPS) is 40.4. The van der Waals surface area contributed by atoms with Crippen LogP contribution in [0.2, 0.25) is 0 Å². The van der Waals surface area contributed by atoms with Crippen molar-refractivity contribution in [2.75, 3.05) is 6.54 Å². The van der Waals surface area contributed by atoms with E-state index in [4.69, 9.17) is 10.5 Å². The molecule has 1 aliphatic carbocycles. The lowest BCUT2D eigenvalue weighted by molar-refractivity contribution is -0.173. The summed E-state index contributed by atoms with van der Waals surface area (Å²) in [6.07, 6.45) is 4.76. The molecule has 5 heteroatoms. The van der Waals surface area contributed by atoms with Crippen molar-refractivity contribution in [1.82, 2.24) is 4.90 Å². The van der Waals surface area contributed by atoms with Crippen molar-refractivity contribution in [3.8, 4) is 0 Å². The smallest absolute Gasteiger partial charge is 0.258 e. The number of imide groups is 1. The van der Waals surface area contributed by atoms with E-state index in [-0.39, 0.29) is 36.0 Å². The van der Waals surface area contributed by atoms with E-state index in [1.807, 2.05) is 0 Å². The summed E-state index contributed by atoms with van der Waals surface area (Å²) in [6, 6.07) is 0.00995. The monoisotopic (exact) mass is 252 g/mol. The third kappa shape index (κ3) is 1.77. The molecule has 0 aromatic heterocycles. The van der Waals surface area contributed by atoms with Crippen molar-refractivity contribution in [1.29, 1.82) is 0 Å². The van der Waals surface area contributed by atoms with Crippen LogP contribution >= 0.6 is 0 Å². The Hall–Kier alpha value is -0.940. The van der Waals surface area contributed by atoms with E-state index in [0.29, 0.717) is 19.4 Å². The molecule has 5 nitrogen and oxygen atoms in total. The highest BCUT2D eigenvalue weighted by Crippen LogP contribution is 2.35. The van der Waals surface area contributed by atoms with Gasteiger partial charge in [-0.2, -0.15) is 0 Å². The third-order valence-corrected chi connectivity index (χ3v) is 4.55. The molecule has 2 amide bonds. The topological polar surface area (TPSA) is 72.6 Å². The Morgan fingerprint density at radius 2 is 1.67 bits per heavy atom. The fraction of sp³-hybridized carbons (Fsp3) is 0.846. The number of nitrogens with two attached hydrogens (primary N) is 1. The first kappa shape index (κ1) is 12.1. The predicted octanol–water partition coefficient (Wildman–Crippen LogP) is 0.420. The highest BCUT2D eigenvalue weighted by atomic mass is 16.5. The molecule has 3 fully saturated rings. The number of hydrogen-bond acceptors (Lipinski definition) is 4. The lowest BCUT2D eigenvalue weighted by Crippen LogP contribution is -2.59. The number of carbonyl (C=O) groups is 2. The Morgan fingerprint density at radius 1 is 1.06 bits per heavy atom. The van der Waals surface area contributed by atoms with Crippen molar-refractivity contribution < 1.29 is 14.3 Å². The highest BCUT2D eigenvalue weighted by Gasteiger charge is 2.50. The molecule has 3 rings (SSSR count). The zero-order chi connectivity index (χ0) is 12.7. The first-order valence-corrected chi connectivity index (χ1v) is 6.95. The van der Waals surface area contributed by atoms with Gasteiger partial charge < -0.3 is 10.5 Å².